The monoisotopic (exact) mass is 1290 g/mol. The number of benzene rings is 17. The molecule has 3 heterocycles. The average Bonchev–Trinajstić information content (AvgIpc) is 1.54. The molecule has 20 aromatic rings. The molecule has 0 amide bonds. The average molecular weight is 1290 g/mol. The van der Waals surface area contributed by atoms with Crippen molar-refractivity contribution in [3.8, 4) is 39.3 Å². The van der Waals surface area contributed by atoms with Crippen LogP contribution in [0.2, 0.25) is 0 Å². The predicted molar refractivity (Wildman–Crippen MR) is 429 cm³/mol. The Hall–Kier alpha value is -13.5. The van der Waals surface area contributed by atoms with Crippen LogP contribution in [0.3, 0.4) is 0 Å². The maximum absolute atomic E-state index is 2.44. The second-order valence-electron chi connectivity index (χ2n) is 26.0. The molecule has 20 rings (SSSR count). The van der Waals surface area contributed by atoms with Crippen LogP contribution < -0.4 is 9.80 Å². The van der Waals surface area contributed by atoms with Crippen molar-refractivity contribution in [1.29, 1.82) is 0 Å². The Morgan fingerprint density at radius 3 is 0.990 bits per heavy atom. The first-order chi connectivity index (χ1) is 50.1. The first-order valence-corrected chi connectivity index (χ1v) is 34.6. The molecule has 0 unspecified atom stereocenters. The summed E-state index contributed by atoms with van der Waals surface area (Å²) in [6, 6.07) is 142. The van der Waals surface area contributed by atoms with Gasteiger partial charge in [0, 0.05) is 83.5 Å². The number of para-hydroxylation sites is 6. The molecule has 5 heteroatoms. The van der Waals surface area contributed by atoms with Gasteiger partial charge in [0.2, 0.25) is 0 Å². The van der Waals surface area contributed by atoms with Crippen molar-refractivity contribution in [2.75, 3.05) is 9.80 Å². The number of nitrogens with zero attached hydrogens (tertiary/aromatic N) is 5. The summed E-state index contributed by atoms with van der Waals surface area (Å²) in [5, 5.41) is 15.2. The molecule has 17 aromatic carbocycles. The van der Waals surface area contributed by atoms with Crippen LogP contribution in [0.15, 0.2) is 394 Å². The van der Waals surface area contributed by atoms with E-state index < -0.39 is 0 Å². The number of aromatic nitrogens is 3. The van der Waals surface area contributed by atoms with Gasteiger partial charge < -0.3 is 23.5 Å². The summed E-state index contributed by atoms with van der Waals surface area (Å²) >= 11 is 0. The molecule has 474 valence electrons. The zero-order valence-electron chi connectivity index (χ0n) is 55.3. The molecule has 0 N–H and O–H groups in total. The van der Waals surface area contributed by atoms with Crippen molar-refractivity contribution in [3.05, 3.63) is 394 Å². The highest BCUT2D eigenvalue weighted by Crippen LogP contribution is 2.45. The Labute approximate surface area is 585 Å². The summed E-state index contributed by atoms with van der Waals surface area (Å²) in [4.78, 5) is 4.66. The summed E-state index contributed by atoms with van der Waals surface area (Å²) in [5.74, 6) is 0. The molecule has 0 saturated carbocycles. The molecule has 0 atom stereocenters. The number of anilines is 6. The van der Waals surface area contributed by atoms with E-state index in [2.05, 4.69) is 418 Å². The van der Waals surface area contributed by atoms with Crippen molar-refractivity contribution in [2.45, 2.75) is 0 Å². The number of hydrogen-bond acceptors (Lipinski definition) is 2. The topological polar surface area (TPSA) is 21.3 Å². The fourth-order valence-corrected chi connectivity index (χ4v) is 15.5. The van der Waals surface area contributed by atoms with E-state index in [0.29, 0.717) is 0 Å². The first-order valence-electron chi connectivity index (χ1n) is 34.6. The van der Waals surface area contributed by atoms with E-state index in [1.54, 1.807) is 0 Å². The van der Waals surface area contributed by atoms with Crippen LogP contribution in [-0.4, -0.2) is 13.7 Å². The van der Waals surface area contributed by atoms with E-state index in [1.165, 1.54) is 120 Å². The van der Waals surface area contributed by atoms with Gasteiger partial charge in [0.15, 0.2) is 0 Å². The molecule has 0 spiro atoms. The van der Waals surface area contributed by atoms with E-state index in [9.17, 15) is 0 Å². The Bertz CT molecular complexity index is 6470. The lowest BCUT2D eigenvalue weighted by atomic mass is 10.0. The van der Waals surface area contributed by atoms with E-state index >= 15 is 0 Å². The van der Waals surface area contributed by atoms with Gasteiger partial charge in [0.1, 0.15) is 0 Å². The maximum atomic E-state index is 2.44. The van der Waals surface area contributed by atoms with Gasteiger partial charge in [-0.15, -0.1) is 0 Å². The van der Waals surface area contributed by atoms with Gasteiger partial charge in [-0.1, -0.05) is 243 Å². The Balaban J connectivity index is 0.000000142. The summed E-state index contributed by atoms with van der Waals surface area (Å²) in [7, 11) is 0. The minimum Gasteiger partial charge on any atom is -0.311 e. The Morgan fingerprint density at radius 1 is 0.168 bits per heavy atom. The highest BCUT2D eigenvalue weighted by Gasteiger charge is 2.23. The zero-order valence-corrected chi connectivity index (χ0v) is 55.3. The Kier molecular flexibility index (Phi) is 14.5. The van der Waals surface area contributed by atoms with Crippen LogP contribution in [0.4, 0.5) is 34.1 Å². The number of fused-ring (bicyclic) bond motifs is 14. The van der Waals surface area contributed by atoms with Crippen LogP contribution in [0.5, 0.6) is 0 Å². The van der Waals surface area contributed by atoms with Crippen molar-refractivity contribution < 1.29 is 0 Å². The molecule has 0 aliphatic rings. The van der Waals surface area contributed by atoms with Crippen LogP contribution in [0.1, 0.15) is 0 Å². The minimum absolute atomic E-state index is 1.10. The summed E-state index contributed by atoms with van der Waals surface area (Å²) < 4.78 is 7.26. The molecule has 5 nitrogen and oxygen atoms in total. The molecule has 0 aliphatic heterocycles. The molecule has 0 aliphatic carbocycles. The lowest BCUT2D eigenvalue weighted by Gasteiger charge is -2.26. The number of hydrogen-bond donors (Lipinski definition) is 0. The van der Waals surface area contributed by atoms with E-state index in [4.69, 9.17) is 0 Å². The lowest BCUT2D eigenvalue weighted by molar-refractivity contribution is 1.17. The highest BCUT2D eigenvalue weighted by atomic mass is 15.1. The van der Waals surface area contributed by atoms with Crippen molar-refractivity contribution >= 4 is 132 Å². The minimum atomic E-state index is 1.10. The van der Waals surface area contributed by atoms with Gasteiger partial charge in [0.05, 0.1) is 33.1 Å². The molecule has 101 heavy (non-hydrogen) atoms. The molecular formula is C96H65N5. The molecular weight excluding hydrogens is 1220 g/mol. The molecule has 0 bridgehead atoms. The van der Waals surface area contributed by atoms with E-state index in [0.717, 1.165) is 51.2 Å². The largest absolute Gasteiger partial charge is 0.311 e. The third-order valence-corrected chi connectivity index (χ3v) is 20.2. The summed E-state index contributed by atoms with van der Waals surface area (Å²) in [6.07, 6.45) is 0. The van der Waals surface area contributed by atoms with Crippen LogP contribution in [0, 0.1) is 0 Å². The molecule has 3 aromatic heterocycles. The fraction of sp³-hybridized carbons (Fsp3) is 0. The molecule has 0 radical (unpaired) electrons. The van der Waals surface area contributed by atoms with Crippen molar-refractivity contribution in [1.82, 2.24) is 13.7 Å². The van der Waals surface area contributed by atoms with E-state index in [1.807, 2.05) is 0 Å². The van der Waals surface area contributed by atoms with Crippen LogP contribution in [0.25, 0.3) is 137 Å². The smallest absolute Gasteiger partial charge is 0.0641 e. The van der Waals surface area contributed by atoms with Gasteiger partial charge in [0.25, 0.3) is 0 Å². The van der Waals surface area contributed by atoms with Gasteiger partial charge in [-0.05, 0) is 206 Å². The maximum Gasteiger partial charge on any atom is 0.0641 e. The van der Waals surface area contributed by atoms with Crippen LogP contribution in [-0.2, 0) is 0 Å². The van der Waals surface area contributed by atoms with E-state index in [-0.39, 0.29) is 0 Å². The second kappa shape index (κ2) is 24.9. The van der Waals surface area contributed by atoms with Gasteiger partial charge in [-0.2, -0.15) is 0 Å². The first kappa shape index (κ1) is 58.8. The lowest BCUT2D eigenvalue weighted by Crippen LogP contribution is -2.10. The standard InChI is InChI=1S/C52H35N3.C44H30N2/c1-3-15-40(16-4-1)53(42-27-25-37(26-28-42)39-24-23-36-13-7-8-14-38(36)35-39)43-29-31-44(32-30-43)54-49-22-12-10-20-47(49)51-50(54)34-33-46-45-19-9-11-21-48(45)55(52(46)51)41-17-5-2-6-18-41;1-2-13-36(14-3-1)45(37-23-20-32(21-24-37)35-19-18-31-10-4-5-12-34(31)30-35)38-25-27-39(28-26-38)46-42-17-9-8-16-41(42)44-40-15-7-6-11-33(40)22-29-43(44)46/h1-35H;1-30H. The second-order valence-corrected chi connectivity index (χ2v) is 26.0. The Morgan fingerprint density at radius 2 is 0.495 bits per heavy atom. The summed E-state index contributed by atoms with van der Waals surface area (Å²) in [6.45, 7) is 0. The predicted octanol–water partition coefficient (Wildman–Crippen LogP) is 26.4. The van der Waals surface area contributed by atoms with Gasteiger partial charge in [-0.3, -0.25) is 0 Å². The molecule has 0 fully saturated rings. The number of rotatable bonds is 11. The van der Waals surface area contributed by atoms with Crippen LogP contribution >= 0.6 is 0 Å². The highest BCUT2D eigenvalue weighted by molar-refractivity contribution is 6.26. The van der Waals surface area contributed by atoms with Gasteiger partial charge >= 0.3 is 0 Å². The van der Waals surface area contributed by atoms with Crippen molar-refractivity contribution in [3.63, 3.8) is 0 Å². The van der Waals surface area contributed by atoms with Crippen molar-refractivity contribution in [2.24, 2.45) is 0 Å². The van der Waals surface area contributed by atoms with Gasteiger partial charge in [-0.25, -0.2) is 0 Å². The fourth-order valence-electron chi connectivity index (χ4n) is 15.5. The zero-order chi connectivity index (χ0) is 66.7. The third-order valence-electron chi connectivity index (χ3n) is 20.2. The summed E-state index contributed by atoms with van der Waals surface area (Å²) in [5.41, 5.74) is 22.2. The molecule has 0 saturated heterocycles. The third kappa shape index (κ3) is 10.3. The normalized spacial score (nSPS) is 11.6. The SMILES string of the molecule is c1ccc(N(c2ccc(-c3ccc4ccccc4c3)cc2)c2ccc(-n3c4ccccc4c4c3ccc3c5ccccc5n(-c5ccccc5)c34)cc2)cc1.c1ccc(N(c2ccc(-c3ccc4ccccc4c3)cc2)c2ccc(-n3c4ccccc4c4c5ccccc5ccc43)cc2)cc1. The quantitative estimate of drug-likeness (QED) is 0.129.